The van der Waals surface area contributed by atoms with Crippen molar-refractivity contribution in [1.29, 1.82) is 0 Å². The van der Waals surface area contributed by atoms with Crippen molar-refractivity contribution in [2.45, 2.75) is 6.92 Å². The summed E-state index contributed by atoms with van der Waals surface area (Å²) < 4.78 is 0. The van der Waals surface area contributed by atoms with Gasteiger partial charge in [-0.3, -0.25) is 0 Å². The van der Waals surface area contributed by atoms with E-state index in [-0.39, 0.29) is 0 Å². The van der Waals surface area contributed by atoms with Crippen LogP contribution in [0, 0.1) is 6.92 Å². The highest BCUT2D eigenvalue weighted by atomic mass is 14.2. The Morgan fingerprint density at radius 2 is 0.862 bits per heavy atom. The fourth-order valence-electron chi connectivity index (χ4n) is 4.93. The minimum Gasteiger partial charge on any atom is -0.0616 e. The highest BCUT2D eigenvalue weighted by Crippen LogP contribution is 2.42. The monoisotopic (exact) mass is 368 g/mol. The molecule has 0 amide bonds. The summed E-state index contributed by atoms with van der Waals surface area (Å²) in [6, 6.07) is 37.5. The van der Waals surface area contributed by atoms with E-state index >= 15 is 0 Å². The van der Waals surface area contributed by atoms with Gasteiger partial charge < -0.3 is 0 Å². The molecule has 0 radical (unpaired) electrons. The molecule has 0 atom stereocenters. The van der Waals surface area contributed by atoms with E-state index in [1.54, 1.807) is 0 Å². The predicted octanol–water partition coefficient (Wildman–Crippen LogP) is 8.27. The molecule has 0 aliphatic carbocycles. The molecule has 0 aromatic heterocycles. The van der Waals surface area contributed by atoms with Gasteiger partial charge in [-0.1, -0.05) is 97.1 Å². The molecule has 0 bridgehead atoms. The highest BCUT2D eigenvalue weighted by molar-refractivity contribution is 6.21. The van der Waals surface area contributed by atoms with Gasteiger partial charge in [0.2, 0.25) is 0 Å². The average Bonchev–Trinajstić information content (AvgIpc) is 2.79. The van der Waals surface area contributed by atoms with Crippen LogP contribution in [0.5, 0.6) is 0 Å². The van der Waals surface area contributed by atoms with Gasteiger partial charge in [-0.2, -0.15) is 0 Å². The Bertz CT molecular complexity index is 1550. The Morgan fingerprint density at radius 3 is 1.55 bits per heavy atom. The first-order valence-electron chi connectivity index (χ1n) is 10.1. The molecule has 0 saturated carbocycles. The summed E-state index contributed by atoms with van der Waals surface area (Å²) in [5, 5.41) is 10.5. The summed E-state index contributed by atoms with van der Waals surface area (Å²) in [6.07, 6.45) is 0. The number of aryl methyl sites for hydroxylation is 1. The molecule has 0 heteroatoms. The molecular weight excluding hydrogens is 348 g/mol. The zero-order valence-electron chi connectivity index (χ0n) is 16.3. The van der Waals surface area contributed by atoms with Crippen molar-refractivity contribution in [1.82, 2.24) is 0 Å². The molecule has 29 heavy (non-hydrogen) atoms. The largest absolute Gasteiger partial charge is 0.0616 e. The maximum absolute atomic E-state index is 2.38. The molecule has 0 N–H and O–H groups in total. The van der Waals surface area contributed by atoms with Crippen LogP contribution >= 0.6 is 0 Å². The van der Waals surface area contributed by atoms with Gasteiger partial charge in [-0.25, -0.2) is 0 Å². The topological polar surface area (TPSA) is 0 Å². The molecule has 0 unspecified atom stereocenters. The van der Waals surface area contributed by atoms with Gasteiger partial charge in [0.1, 0.15) is 0 Å². The molecule has 0 spiro atoms. The lowest BCUT2D eigenvalue weighted by atomic mass is 9.85. The van der Waals surface area contributed by atoms with Crippen molar-refractivity contribution in [2.24, 2.45) is 0 Å². The van der Waals surface area contributed by atoms with Crippen LogP contribution in [0.2, 0.25) is 0 Å². The number of benzene rings is 6. The van der Waals surface area contributed by atoms with Crippen LogP contribution in [0.3, 0.4) is 0 Å². The second kappa shape index (κ2) is 6.18. The van der Waals surface area contributed by atoms with E-state index in [0.717, 1.165) is 0 Å². The highest BCUT2D eigenvalue weighted by Gasteiger charge is 2.16. The lowest BCUT2D eigenvalue weighted by Crippen LogP contribution is -1.92. The Morgan fingerprint density at radius 1 is 0.414 bits per heavy atom. The van der Waals surface area contributed by atoms with E-state index in [4.69, 9.17) is 0 Å². The maximum atomic E-state index is 2.38. The molecule has 0 aliphatic rings. The van der Waals surface area contributed by atoms with Crippen LogP contribution in [-0.2, 0) is 0 Å². The molecule has 136 valence electrons. The zero-order valence-corrected chi connectivity index (χ0v) is 16.3. The van der Waals surface area contributed by atoms with Gasteiger partial charge in [0.05, 0.1) is 0 Å². The van der Waals surface area contributed by atoms with Gasteiger partial charge in [0.15, 0.2) is 0 Å². The minimum atomic E-state index is 1.29. The minimum absolute atomic E-state index is 1.29. The summed E-state index contributed by atoms with van der Waals surface area (Å²) in [5.74, 6) is 0. The summed E-state index contributed by atoms with van der Waals surface area (Å²) in [7, 11) is 0. The second-order valence-electron chi connectivity index (χ2n) is 7.78. The van der Waals surface area contributed by atoms with Gasteiger partial charge >= 0.3 is 0 Å². The van der Waals surface area contributed by atoms with Crippen LogP contribution in [0.15, 0.2) is 103 Å². The molecule has 0 nitrogen and oxygen atoms in total. The first kappa shape index (κ1) is 16.3. The van der Waals surface area contributed by atoms with Crippen molar-refractivity contribution in [3.63, 3.8) is 0 Å². The fourth-order valence-corrected chi connectivity index (χ4v) is 4.93. The predicted molar refractivity (Wildman–Crippen MR) is 127 cm³/mol. The third-order valence-electron chi connectivity index (χ3n) is 6.23. The Balaban J connectivity index is 1.88. The van der Waals surface area contributed by atoms with Crippen molar-refractivity contribution >= 4 is 43.1 Å². The standard InChI is InChI=1S/C29H20/c1-19-21-11-4-5-13-23(21)25-15-8-9-17-27(25)29(19)28-18-20-10-2-3-12-22(20)24-14-6-7-16-26(24)28/h2-18H,1H3. The van der Waals surface area contributed by atoms with Gasteiger partial charge in [0, 0.05) is 0 Å². The van der Waals surface area contributed by atoms with E-state index in [1.807, 2.05) is 0 Å². The van der Waals surface area contributed by atoms with Crippen LogP contribution < -0.4 is 0 Å². The van der Waals surface area contributed by atoms with Crippen molar-refractivity contribution in [3.8, 4) is 11.1 Å². The zero-order chi connectivity index (χ0) is 19.4. The lowest BCUT2D eigenvalue weighted by molar-refractivity contribution is 1.54. The Hall–Kier alpha value is -3.64. The molecule has 0 aliphatic heterocycles. The molecular formula is C29H20. The van der Waals surface area contributed by atoms with E-state index in [1.165, 1.54) is 59.8 Å². The second-order valence-corrected chi connectivity index (χ2v) is 7.78. The smallest absolute Gasteiger partial charge is 0.00633 e. The normalized spacial score (nSPS) is 11.6. The number of hydrogen-bond acceptors (Lipinski definition) is 0. The molecule has 0 saturated heterocycles. The Kier molecular flexibility index (Phi) is 3.48. The molecule has 6 aromatic carbocycles. The first-order chi connectivity index (χ1) is 14.3. The number of rotatable bonds is 1. The van der Waals surface area contributed by atoms with Gasteiger partial charge in [-0.05, 0) is 72.8 Å². The van der Waals surface area contributed by atoms with Crippen LogP contribution in [0.1, 0.15) is 5.56 Å². The molecule has 6 rings (SSSR count). The maximum Gasteiger partial charge on any atom is -0.00633 e. The van der Waals surface area contributed by atoms with Crippen molar-refractivity contribution in [2.75, 3.05) is 0 Å². The summed E-state index contributed by atoms with van der Waals surface area (Å²) in [5.41, 5.74) is 4.01. The van der Waals surface area contributed by atoms with Crippen LogP contribution in [0.4, 0.5) is 0 Å². The van der Waals surface area contributed by atoms with Crippen molar-refractivity contribution < 1.29 is 0 Å². The van der Waals surface area contributed by atoms with Crippen molar-refractivity contribution in [3.05, 3.63) is 109 Å². The number of hydrogen-bond donors (Lipinski definition) is 0. The van der Waals surface area contributed by atoms with Gasteiger partial charge in [0.25, 0.3) is 0 Å². The van der Waals surface area contributed by atoms with E-state index in [9.17, 15) is 0 Å². The lowest BCUT2D eigenvalue weighted by Gasteiger charge is -2.18. The first-order valence-corrected chi connectivity index (χ1v) is 10.1. The molecule has 0 fully saturated rings. The quantitative estimate of drug-likeness (QED) is 0.256. The molecule has 6 aromatic rings. The van der Waals surface area contributed by atoms with Gasteiger partial charge in [-0.15, -0.1) is 0 Å². The van der Waals surface area contributed by atoms with E-state index < -0.39 is 0 Å². The third kappa shape index (κ3) is 2.33. The Labute approximate surface area is 170 Å². The third-order valence-corrected chi connectivity index (χ3v) is 6.23. The van der Waals surface area contributed by atoms with Crippen LogP contribution in [0.25, 0.3) is 54.2 Å². The SMILES string of the molecule is Cc1c(-c2cc3ccccc3c3ccccc23)c2ccccc2c2ccccc12. The van der Waals surface area contributed by atoms with E-state index in [0.29, 0.717) is 0 Å². The fraction of sp³-hybridized carbons (Fsp3) is 0.0345. The average molecular weight is 368 g/mol. The van der Waals surface area contributed by atoms with Crippen LogP contribution in [-0.4, -0.2) is 0 Å². The summed E-state index contributed by atoms with van der Waals surface area (Å²) >= 11 is 0. The van der Waals surface area contributed by atoms with E-state index in [2.05, 4.69) is 110 Å². The summed E-state index contributed by atoms with van der Waals surface area (Å²) in [6.45, 7) is 2.27. The molecule has 0 heterocycles. The number of fused-ring (bicyclic) bond motifs is 6. The summed E-state index contributed by atoms with van der Waals surface area (Å²) in [4.78, 5) is 0.